The van der Waals surface area contributed by atoms with E-state index in [0.717, 1.165) is 16.4 Å². The summed E-state index contributed by atoms with van der Waals surface area (Å²) in [5.41, 5.74) is -1.44. The Kier molecular flexibility index (Phi) is 8.28. The molecule has 1 aromatic carbocycles. The average Bonchev–Trinajstić information content (AvgIpc) is 2.78. The van der Waals surface area contributed by atoms with Gasteiger partial charge in [-0.2, -0.15) is 30.3 Å². The summed E-state index contributed by atoms with van der Waals surface area (Å²) < 4.78 is 91.8. The highest BCUT2D eigenvalue weighted by Gasteiger charge is 2.44. The number of halogens is 4. The molecule has 36 heavy (non-hydrogen) atoms. The Hall–Kier alpha value is -1.96. The Bertz CT molecular complexity index is 1020. The van der Waals surface area contributed by atoms with Crippen molar-refractivity contribution in [3.05, 3.63) is 29.8 Å². The number of hydrogen-bond donors (Lipinski definition) is 1. The van der Waals surface area contributed by atoms with E-state index >= 15 is 0 Å². The van der Waals surface area contributed by atoms with Crippen LogP contribution in [0.4, 0.5) is 17.6 Å². The topological polar surface area (TPSA) is 102 Å². The standard InChI is InChI=1S/C23H31F4NO7S/c1-21(2,3)18-14-15(8-13-33-18)19(29)35-36(31,32)28-11-9-22(30,10-12-28)16-4-6-17(7-5-16)34-23(26,27)20(24)25/h4-7,15,18,20,30H,8-14H2,1-3H3. The van der Waals surface area contributed by atoms with Crippen molar-refractivity contribution in [3.8, 4) is 5.75 Å². The van der Waals surface area contributed by atoms with E-state index in [1.165, 1.54) is 12.1 Å². The highest BCUT2D eigenvalue weighted by Crippen LogP contribution is 2.37. The molecule has 2 aliphatic rings. The van der Waals surface area contributed by atoms with Gasteiger partial charge in [0.05, 0.1) is 17.6 Å². The largest absolute Gasteiger partial charge is 0.461 e. The van der Waals surface area contributed by atoms with Gasteiger partial charge in [-0.1, -0.05) is 32.9 Å². The first-order valence-electron chi connectivity index (χ1n) is 11.6. The first kappa shape index (κ1) is 28.6. The van der Waals surface area contributed by atoms with E-state index in [1.807, 2.05) is 20.8 Å². The normalized spacial score (nSPS) is 23.9. The predicted molar refractivity (Wildman–Crippen MR) is 120 cm³/mol. The molecular weight excluding hydrogens is 510 g/mol. The Labute approximate surface area is 207 Å². The van der Waals surface area contributed by atoms with Crippen molar-refractivity contribution in [1.29, 1.82) is 0 Å². The minimum absolute atomic E-state index is 0.0689. The third kappa shape index (κ3) is 6.67. The van der Waals surface area contributed by atoms with Crippen molar-refractivity contribution in [1.82, 2.24) is 4.31 Å². The fourth-order valence-electron chi connectivity index (χ4n) is 4.24. The van der Waals surface area contributed by atoms with E-state index in [1.54, 1.807) is 0 Å². The van der Waals surface area contributed by atoms with Crippen molar-refractivity contribution in [3.63, 3.8) is 0 Å². The van der Waals surface area contributed by atoms with Crippen LogP contribution in [0.3, 0.4) is 0 Å². The second-order valence-electron chi connectivity index (χ2n) is 10.2. The van der Waals surface area contributed by atoms with Crippen LogP contribution in [0.2, 0.25) is 0 Å². The van der Waals surface area contributed by atoms with Crippen molar-refractivity contribution >= 4 is 16.3 Å². The lowest BCUT2D eigenvalue weighted by Crippen LogP contribution is -2.47. The summed E-state index contributed by atoms with van der Waals surface area (Å²) >= 11 is 0. The molecule has 0 aliphatic carbocycles. The third-order valence-corrected chi connectivity index (χ3v) is 7.91. The summed E-state index contributed by atoms with van der Waals surface area (Å²) in [5, 5.41) is 11.0. The second kappa shape index (κ2) is 10.4. The Morgan fingerprint density at radius 3 is 2.28 bits per heavy atom. The van der Waals surface area contributed by atoms with Crippen LogP contribution in [0.1, 0.15) is 52.0 Å². The molecule has 0 saturated carbocycles. The maximum Gasteiger partial charge on any atom is 0.461 e. The zero-order valence-corrected chi connectivity index (χ0v) is 21.1. The van der Waals surface area contributed by atoms with Gasteiger partial charge in [0.1, 0.15) is 5.75 Å². The van der Waals surface area contributed by atoms with Gasteiger partial charge in [-0.05, 0) is 48.8 Å². The van der Waals surface area contributed by atoms with Crippen LogP contribution >= 0.6 is 0 Å². The summed E-state index contributed by atoms with van der Waals surface area (Å²) in [6, 6.07) is 4.54. The monoisotopic (exact) mass is 541 g/mol. The molecule has 3 rings (SSSR count). The zero-order valence-electron chi connectivity index (χ0n) is 20.3. The summed E-state index contributed by atoms with van der Waals surface area (Å²) in [6.07, 6.45) is -8.32. The number of carbonyl (C=O) groups is 1. The van der Waals surface area contributed by atoms with Gasteiger partial charge in [0, 0.05) is 19.7 Å². The van der Waals surface area contributed by atoms with Gasteiger partial charge in [-0.15, -0.1) is 0 Å². The average molecular weight is 542 g/mol. The molecule has 2 atom stereocenters. The van der Waals surface area contributed by atoms with Gasteiger partial charge < -0.3 is 18.8 Å². The molecule has 2 aliphatic heterocycles. The molecule has 2 unspecified atom stereocenters. The van der Waals surface area contributed by atoms with Crippen LogP contribution in [0.15, 0.2) is 24.3 Å². The number of nitrogens with zero attached hydrogens (tertiary/aromatic N) is 1. The molecule has 2 heterocycles. The maximum absolute atomic E-state index is 13.1. The van der Waals surface area contributed by atoms with E-state index in [4.69, 9.17) is 8.92 Å². The zero-order chi connectivity index (χ0) is 26.9. The Morgan fingerprint density at radius 1 is 1.17 bits per heavy atom. The van der Waals surface area contributed by atoms with Gasteiger partial charge in [-0.3, -0.25) is 4.79 Å². The molecule has 13 heteroatoms. The molecule has 8 nitrogen and oxygen atoms in total. The molecule has 2 fully saturated rings. The van der Waals surface area contributed by atoms with E-state index in [2.05, 4.69) is 4.74 Å². The molecule has 0 aromatic heterocycles. The summed E-state index contributed by atoms with van der Waals surface area (Å²) in [4.78, 5) is 12.6. The van der Waals surface area contributed by atoms with E-state index in [-0.39, 0.29) is 43.0 Å². The van der Waals surface area contributed by atoms with Crippen LogP contribution in [0, 0.1) is 11.3 Å². The van der Waals surface area contributed by atoms with Crippen LogP contribution in [-0.2, 0) is 29.6 Å². The summed E-state index contributed by atoms with van der Waals surface area (Å²) in [7, 11) is -4.39. The third-order valence-electron chi connectivity index (χ3n) is 6.54. The quantitative estimate of drug-likeness (QED) is 0.524. The maximum atomic E-state index is 13.1. The van der Waals surface area contributed by atoms with E-state index in [0.29, 0.717) is 19.4 Å². The molecule has 0 bridgehead atoms. The van der Waals surface area contributed by atoms with Crippen molar-refractivity contribution in [2.24, 2.45) is 11.3 Å². The lowest BCUT2D eigenvalue weighted by Gasteiger charge is -2.38. The van der Waals surface area contributed by atoms with Crippen molar-refractivity contribution < 1.29 is 49.5 Å². The number of hydrogen-bond acceptors (Lipinski definition) is 7. The van der Waals surface area contributed by atoms with Crippen LogP contribution in [0.5, 0.6) is 5.75 Å². The highest BCUT2D eigenvalue weighted by atomic mass is 32.2. The first-order valence-corrected chi connectivity index (χ1v) is 12.9. The van der Waals surface area contributed by atoms with Gasteiger partial charge in [0.25, 0.3) is 0 Å². The molecule has 2 saturated heterocycles. The lowest BCUT2D eigenvalue weighted by molar-refractivity contribution is -0.253. The van der Waals surface area contributed by atoms with Crippen molar-refractivity contribution in [2.45, 2.75) is 70.7 Å². The number of piperidine rings is 1. The van der Waals surface area contributed by atoms with Crippen LogP contribution < -0.4 is 4.74 Å². The lowest BCUT2D eigenvalue weighted by atomic mass is 9.81. The second-order valence-corrected chi connectivity index (χ2v) is 11.8. The first-order chi connectivity index (χ1) is 16.5. The minimum atomic E-state index is -4.66. The molecule has 204 valence electrons. The van der Waals surface area contributed by atoms with Crippen LogP contribution in [-0.4, -0.2) is 62.1 Å². The smallest absolute Gasteiger partial charge is 0.428 e. The van der Waals surface area contributed by atoms with E-state index in [9.17, 15) is 35.9 Å². The number of rotatable bonds is 7. The minimum Gasteiger partial charge on any atom is -0.428 e. The number of alkyl halides is 4. The fourth-order valence-corrected chi connectivity index (χ4v) is 5.32. The number of carbonyl (C=O) groups excluding carboxylic acids is 1. The number of benzene rings is 1. The number of ether oxygens (including phenoxy) is 2. The van der Waals surface area contributed by atoms with Gasteiger partial charge in [0.15, 0.2) is 0 Å². The van der Waals surface area contributed by atoms with Crippen molar-refractivity contribution in [2.75, 3.05) is 19.7 Å². The van der Waals surface area contributed by atoms with Gasteiger partial charge in [0.2, 0.25) is 0 Å². The highest BCUT2D eigenvalue weighted by molar-refractivity contribution is 7.84. The SMILES string of the molecule is CC(C)(C)C1CC(C(=O)OS(=O)(=O)N2CCC(O)(c3ccc(OC(F)(F)C(F)F)cc3)CC2)CCO1. The molecule has 0 amide bonds. The Balaban J connectivity index is 1.59. The molecule has 1 aromatic rings. The van der Waals surface area contributed by atoms with Gasteiger partial charge >= 0.3 is 28.8 Å². The predicted octanol–water partition coefficient (Wildman–Crippen LogP) is 3.84. The van der Waals surface area contributed by atoms with E-state index < -0.39 is 46.1 Å². The van der Waals surface area contributed by atoms with Gasteiger partial charge in [-0.25, -0.2) is 0 Å². The molecule has 0 spiro atoms. The summed E-state index contributed by atoms with van der Waals surface area (Å²) in [6.45, 7) is 5.91. The summed E-state index contributed by atoms with van der Waals surface area (Å²) in [5.74, 6) is -1.97. The molecular formula is C23H31F4NO7S. The molecule has 1 N–H and O–H groups in total. The Morgan fingerprint density at radius 2 is 1.75 bits per heavy atom. The molecule has 0 radical (unpaired) electrons. The van der Waals surface area contributed by atoms with Crippen LogP contribution in [0.25, 0.3) is 0 Å². The fraction of sp³-hybridized carbons (Fsp3) is 0.696. The number of aliphatic hydroxyl groups is 1.